The third-order valence-corrected chi connectivity index (χ3v) is 4.59. The Morgan fingerprint density at radius 1 is 1.40 bits per heavy atom. The molecule has 1 fully saturated rings. The maximum atomic E-state index is 12.4. The molecular formula is C16H25N3O. The van der Waals surface area contributed by atoms with Gasteiger partial charge in [-0.2, -0.15) is 0 Å². The topological polar surface area (TPSA) is 68.0 Å². The number of hydrogen-bond acceptors (Lipinski definition) is 3. The molecule has 2 rings (SSSR count). The van der Waals surface area contributed by atoms with Gasteiger partial charge >= 0.3 is 0 Å². The van der Waals surface area contributed by atoms with Gasteiger partial charge in [-0.25, -0.2) is 4.98 Å². The van der Waals surface area contributed by atoms with Gasteiger partial charge in [0.1, 0.15) is 5.82 Å². The molecule has 1 saturated carbocycles. The third kappa shape index (κ3) is 3.11. The number of amides is 1. The maximum absolute atomic E-state index is 12.4. The Kier molecular flexibility index (Phi) is 4.63. The fourth-order valence-electron chi connectivity index (χ4n) is 3.20. The van der Waals surface area contributed by atoms with Gasteiger partial charge in [0.15, 0.2) is 0 Å². The highest BCUT2D eigenvalue weighted by atomic mass is 16.1. The lowest BCUT2D eigenvalue weighted by molar-refractivity contribution is 0.0926. The lowest BCUT2D eigenvalue weighted by atomic mass is 9.93. The number of nitrogens with zero attached hydrogens (tertiary/aromatic N) is 1. The molecule has 0 saturated heterocycles. The number of anilines is 1. The van der Waals surface area contributed by atoms with E-state index in [9.17, 15) is 4.79 Å². The average molecular weight is 275 g/mol. The van der Waals surface area contributed by atoms with Crippen LogP contribution in [-0.2, 0) is 6.42 Å². The molecule has 110 valence electrons. The van der Waals surface area contributed by atoms with Gasteiger partial charge in [-0.3, -0.25) is 4.79 Å². The van der Waals surface area contributed by atoms with E-state index in [0.717, 1.165) is 24.5 Å². The Balaban J connectivity index is 2.07. The summed E-state index contributed by atoms with van der Waals surface area (Å²) >= 11 is 0. The lowest BCUT2D eigenvalue weighted by Crippen LogP contribution is -2.37. The molecule has 20 heavy (non-hydrogen) atoms. The smallest absolute Gasteiger partial charge is 0.251 e. The van der Waals surface area contributed by atoms with Gasteiger partial charge in [0, 0.05) is 17.3 Å². The van der Waals surface area contributed by atoms with E-state index >= 15 is 0 Å². The number of nitrogens with one attached hydrogen (secondary N) is 1. The molecule has 3 atom stereocenters. The van der Waals surface area contributed by atoms with Crippen LogP contribution in [0.5, 0.6) is 0 Å². The third-order valence-electron chi connectivity index (χ3n) is 4.59. The van der Waals surface area contributed by atoms with E-state index in [1.54, 1.807) is 6.07 Å². The zero-order valence-corrected chi connectivity index (χ0v) is 12.6. The molecular weight excluding hydrogens is 250 g/mol. The van der Waals surface area contributed by atoms with Crippen LogP contribution in [0.25, 0.3) is 0 Å². The number of carbonyl (C=O) groups excluding carboxylic acids is 1. The first kappa shape index (κ1) is 14.8. The van der Waals surface area contributed by atoms with Crippen molar-refractivity contribution in [1.29, 1.82) is 0 Å². The second kappa shape index (κ2) is 6.25. The zero-order valence-electron chi connectivity index (χ0n) is 12.6. The van der Waals surface area contributed by atoms with Gasteiger partial charge in [0.25, 0.3) is 5.91 Å². The van der Waals surface area contributed by atoms with Crippen molar-refractivity contribution in [2.45, 2.75) is 52.5 Å². The Bertz CT molecular complexity index is 487. The van der Waals surface area contributed by atoms with Gasteiger partial charge in [-0.15, -0.1) is 0 Å². The molecule has 3 unspecified atom stereocenters. The van der Waals surface area contributed by atoms with Crippen molar-refractivity contribution in [2.24, 2.45) is 11.8 Å². The fourth-order valence-corrected chi connectivity index (χ4v) is 3.20. The Morgan fingerprint density at radius 3 is 2.75 bits per heavy atom. The SMILES string of the molecule is CCc1cc(C(=O)NC2CCC(CC)C2C)cc(N)n1. The number of rotatable bonds is 4. The van der Waals surface area contributed by atoms with Crippen LogP contribution < -0.4 is 11.1 Å². The van der Waals surface area contributed by atoms with Crippen LogP contribution in [0.15, 0.2) is 12.1 Å². The van der Waals surface area contributed by atoms with E-state index in [4.69, 9.17) is 5.73 Å². The normalized spacial score (nSPS) is 25.6. The molecule has 1 heterocycles. The second-order valence-corrected chi connectivity index (χ2v) is 5.81. The van der Waals surface area contributed by atoms with E-state index in [1.807, 2.05) is 13.0 Å². The molecule has 0 aliphatic heterocycles. The largest absolute Gasteiger partial charge is 0.384 e. The first-order valence-electron chi connectivity index (χ1n) is 7.62. The Labute approximate surface area is 121 Å². The summed E-state index contributed by atoms with van der Waals surface area (Å²) in [5.41, 5.74) is 7.25. The quantitative estimate of drug-likeness (QED) is 0.888. The lowest BCUT2D eigenvalue weighted by Gasteiger charge is -2.21. The molecule has 1 aromatic heterocycles. The van der Waals surface area contributed by atoms with Crippen LogP contribution in [0, 0.1) is 11.8 Å². The maximum Gasteiger partial charge on any atom is 0.251 e. The van der Waals surface area contributed by atoms with Gasteiger partial charge in [-0.1, -0.05) is 27.2 Å². The molecule has 4 nitrogen and oxygen atoms in total. The van der Waals surface area contributed by atoms with Crippen LogP contribution >= 0.6 is 0 Å². The molecule has 1 aliphatic carbocycles. The molecule has 1 aromatic rings. The van der Waals surface area contributed by atoms with Crippen molar-refractivity contribution < 1.29 is 4.79 Å². The monoisotopic (exact) mass is 275 g/mol. The van der Waals surface area contributed by atoms with Gasteiger partial charge in [-0.05, 0) is 43.2 Å². The van der Waals surface area contributed by atoms with Crippen molar-refractivity contribution >= 4 is 11.7 Å². The number of aromatic nitrogens is 1. The summed E-state index contributed by atoms with van der Waals surface area (Å²) in [7, 11) is 0. The minimum absolute atomic E-state index is 0.0256. The Hall–Kier alpha value is -1.58. The van der Waals surface area contributed by atoms with Gasteiger partial charge in [0.2, 0.25) is 0 Å². The summed E-state index contributed by atoms with van der Waals surface area (Å²) in [5.74, 6) is 1.67. The second-order valence-electron chi connectivity index (χ2n) is 5.81. The molecule has 0 radical (unpaired) electrons. The average Bonchev–Trinajstić information content (AvgIpc) is 2.78. The minimum atomic E-state index is -0.0256. The van der Waals surface area contributed by atoms with Crippen molar-refractivity contribution in [2.75, 3.05) is 5.73 Å². The highest BCUT2D eigenvalue weighted by Gasteiger charge is 2.32. The van der Waals surface area contributed by atoms with E-state index in [0.29, 0.717) is 17.3 Å². The first-order valence-corrected chi connectivity index (χ1v) is 7.62. The van der Waals surface area contributed by atoms with Crippen LogP contribution in [-0.4, -0.2) is 16.9 Å². The van der Waals surface area contributed by atoms with Crippen LogP contribution in [0.3, 0.4) is 0 Å². The highest BCUT2D eigenvalue weighted by Crippen LogP contribution is 2.34. The van der Waals surface area contributed by atoms with Gasteiger partial charge in [0.05, 0.1) is 0 Å². The molecule has 3 N–H and O–H groups in total. The summed E-state index contributed by atoms with van der Waals surface area (Å²) in [6.45, 7) is 6.47. The van der Waals surface area contributed by atoms with E-state index < -0.39 is 0 Å². The van der Waals surface area contributed by atoms with Crippen molar-refractivity contribution in [3.05, 3.63) is 23.4 Å². The minimum Gasteiger partial charge on any atom is -0.384 e. The van der Waals surface area contributed by atoms with Gasteiger partial charge < -0.3 is 11.1 Å². The molecule has 0 spiro atoms. The molecule has 0 aromatic carbocycles. The highest BCUT2D eigenvalue weighted by molar-refractivity contribution is 5.95. The number of aryl methyl sites for hydroxylation is 1. The summed E-state index contributed by atoms with van der Waals surface area (Å²) in [6.07, 6.45) is 4.26. The van der Waals surface area contributed by atoms with E-state index in [-0.39, 0.29) is 11.9 Å². The summed E-state index contributed by atoms with van der Waals surface area (Å²) in [5, 5.41) is 3.17. The fraction of sp³-hybridized carbons (Fsp3) is 0.625. The predicted octanol–water partition coefficient (Wildman–Crippen LogP) is 2.78. The molecule has 1 aliphatic rings. The first-order chi connectivity index (χ1) is 9.55. The number of carbonyl (C=O) groups is 1. The van der Waals surface area contributed by atoms with Crippen LogP contribution in [0.1, 0.15) is 56.1 Å². The zero-order chi connectivity index (χ0) is 14.7. The molecule has 4 heteroatoms. The summed E-state index contributed by atoms with van der Waals surface area (Å²) < 4.78 is 0. The number of nitrogen functional groups attached to an aromatic ring is 1. The molecule has 1 amide bonds. The number of nitrogens with two attached hydrogens (primary N) is 1. The summed E-state index contributed by atoms with van der Waals surface area (Å²) in [6, 6.07) is 3.78. The van der Waals surface area contributed by atoms with Crippen LogP contribution in [0.4, 0.5) is 5.82 Å². The van der Waals surface area contributed by atoms with Crippen molar-refractivity contribution in [3.63, 3.8) is 0 Å². The van der Waals surface area contributed by atoms with Crippen molar-refractivity contribution in [3.8, 4) is 0 Å². The van der Waals surface area contributed by atoms with E-state index in [2.05, 4.69) is 24.1 Å². The molecule has 0 bridgehead atoms. The Morgan fingerprint density at radius 2 is 2.15 bits per heavy atom. The van der Waals surface area contributed by atoms with E-state index in [1.165, 1.54) is 12.8 Å². The summed E-state index contributed by atoms with van der Waals surface area (Å²) in [4.78, 5) is 16.6. The number of pyridine rings is 1. The standard InChI is InChI=1S/C16H25N3O/c1-4-11-6-7-14(10(11)3)19-16(20)12-8-13(5-2)18-15(17)9-12/h8-11,14H,4-7H2,1-3H3,(H2,17,18)(H,19,20). The predicted molar refractivity (Wildman–Crippen MR) is 81.5 cm³/mol. The van der Waals surface area contributed by atoms with Crippen LogP contribution in [0.2, 0.25) is 0 Å². The number of hydrogen-bond donors (Lipinski definition) is 2. The van der Waals surface area contributed by atoms with Crippen molar-refractivity contribution in [1.82, 2.24) is 10.3 Å².